The molecule has 166 valence electrons. The van der Waals surface area contributed by atoms with E-state index >= 15 is 0 Å². The van der Waals surface area contributed by atoms with E-state index in [-0.39, 0.29) is 18.5 Å². The van der Waals surface area contributed by atoms with E-state index in [1.807, 2.05) is 0 Å². The maximum absolute atomic E-state index is 14.2. The van der Waals surface area contributed by atoms with E-state index in [1.54, 1.807) is 60.7 Å². The fraction of sp³-hybridized carbons (Fsp3) is 0.360. The van der Waals surface area contributed by atoms with Crippen LogP contribution < -0.4 is 0 Å². The maximum Gasteiger partial charge on any atom is 0.430 e. The Kier molecular flexibility index (Phi) is 4.60. The van der Waals surface area contributed by atoms with Gasteiger partial charge in [0, 0.05) is 12.1 Å². The average Bonchev–Trinajstić information content (AvgIpc) is 2.97. The van der Waals surface area contributed by atoms with Crippen molar-refractivity contribution in [3.05, 3.63) is 83.1 Å². The molecule has 2 aromatic rings. The number of nitrogens with zero attached hydrogens (tertiary/aromatic N) is 1. The zero-order valence-corrected chi connectivity index (χ0v) is 17.2. The molecule has 4 nitrogen and oxygen atoms in total. The first-order chi connectivity index (χ1) is 15.2. The summed E-state index contributed by atoms with van der Waals surface area (Å²) in [6.45, 7) is 0. The molecule has 0 radical (unpaired) electrons. The zero-order chi connectivity index (χ0) is 22.7. The number of halogens is 3. The largest absolute Gasteiger partial charge is 0.430 e. The summed E-state index contributed by atoms with van der Waals surface area (Å²) in [6.07, 6.45) is -2.85. The summed E-state index contributed by atoms with van der Waals surface area (Å²) in [7, 11) is 0. The summed E-state index contributed by atoms with van der Waals surface area (Å²) in [6, 6.07) is 16.6. The van der Waals surface area contributed by atoms with Crippen molar-refractivity contribution in [3.63, 3.8) is 0 Å². The Morgan fingerprint density at radius 1 is 0.875 bits per heavy atom. The highest BCUT2D eigenvalue weighted by atomic mass is 19.4. The van der Waals surface area contributed by atoms with Gasteiger partial charge in [-0.25, -0.2) is 0 Å². The highest BCUT2D eigenvalue weighted by molar-refractivity contribution is 6.11. The van der Waals surface area contributed by atoms with Crippen molar-refractivity contribution in [2.75, 3.05) is 0 Å². The standard InChI is InChI=1S/C25H22F3NO3/c26-25(27,28)24(32)20-18(14-23(12-7-13-23)15-19(20)30)29(22(24)31)21(16-8-3-1-4-9-16)17-10-5-2-6-11-17/h1-6,8-11,21,32H,7,12-15H2/t24-/m1/s1. The van der Waals surface area contributed by atoms with Gasteiger partial charge in [0.15, 0.2) is 5.78 Å². The number of hydrogen-bond donors (Lipinski definition) is 1. The molecule has 1 aliphatic heterocycles. The van der Waals surface area contributed by atoms with Crippen molar-refractivity contribution in [1.82, 2.24) is 4.90 Å². The third-order valence-electron chi connectivity index (χ3n) is 7.14. The molecule has 0 aromatic heterocycles. The Morgan fingerprint density at radius 3 is 1.84 bits per heavy atom. The van der Waals surface area contributed by atoms with Crippen LogP contribution in [0, 0.1) is 5.41 Å². The predicted molar refractivity (Wildman–Crippen MR) is 110 cm³/mol. The van der Waals surface area contributed by atoms with E-state index in [4.69, 9.17) is 0 Å². The minimum atomic E-state index is -5.31. The average molecular weight is 441 g/mol. The number of alkyl halides is 3. The molecule has 0 unspecified atom stereocenters. The topological polar surface area (TPSA) is 57.6 Å². The third-order valence-corrected chi connectivity index (χ3v) is 7.14. The third kappa shape index (κ3) is 2.87. The van der Waals surface area contributed by atoms with Crippen molar-refractivity contribution in [3.8, 4) is 0 Å². The van der Waals surface area contributed by atoms with Crippen LogP contribution in [0.4, 0.5) is 13.2 Å². The fourth-order valence-electron chi connectivity index (χ4n) is 5.44. The van der Waals surface area contributed by atoms with E-state index in [2.05, 4.69) is 0 Å². The normalized spacial score (nSPS) is 24.8. The summed E-state index contributed by atoms with van der Waals surface area (Å²) >= 11 is 0. The molecule has 2 aliphatic carbocycles. The molecule has 1 spiro atoms. The van der Waals surface area contributed by atoms with Crippen LogP contribution in [0.25, 0.3) is 0 Å². The van der Waals surface area contributed by atoms with Crippen molar-refractivity contribution >= 4 is 11.7 Å². The quantitative estimate of drug-likeness (QED) is 0.751. The van der Waals surface area contributed by atoms with Gasteiger partial charge in [-0.15, -0.1) is 0 Å². The van der Waals surface area contributed by atoms with Gasteiger partial charge in [0.05, 0.1) is 11.6 Å². The van der Waals surface area contributed by atoms with Gasteiger partial charge in [0.2, 0.25) is 0 Å². The van der Waals surface area contributed by atoms with Gasteiger partial charge >= 0.3 is 6.18 Å². The lowest BCUT2D eigenvalue weighted by Crippen LogP contribution is -2.56. The molecule has 1 heterocycles. The first-order valence-electron chi connectivity index (χ1n) is 10.7. The minimum absolute atomic E-state index is 0.0171. The SMILES string of the molecule is O=C1CC2(CCC2)CC2=C1[C@](O)(C(F)(F)F)C(=O)N2C(c1ccccc1)c1ccccc1. The van der Waals surface area contributed by atoms with E-state index < -0.39 is 40.5 Å². The van der Waals surface area contributed by atoms with Gasteiger partial charge in [-0.3, -0.25) is 9.59 Å². The highest BCUT2D eigenvalue weighted by Crippen LogP contribution is 2.59. The van der Waals surface area contributed by atoms with Crippen molar-refractivity contribution in [1.29, 1.82) is 0 Å². The van der Waals surface area contributed by atoms with Gasteiger partial charge in [-0.05, 0) is 35.8 Å². The summed E-state index contributed by atoms with van der Waals surface area (Å²) in [5.41, 5.74) is -3.82. The van der Waals surface area contributed by atoms with Crippen molar-refractivity contribution in [2.45, 2.75) is 49.9 Å². The lowest BCUT2D eigenvalue weighted by molar-refractivity contribution is -0.239. The van der Waals surface area contributed by atoms with Crippen LogP contribution in [0.15, 0.2) is 71.9 Å². The summed E-state index contributed by atoms with van der Waals surface area (Å²) in [4.78, 5) is 27.5. The van der Waals surface area contributed by atoms with Gasteiger partial charge in [0.25, 0.3) is 11.5 Å². The second-order valence-corrected chi connectivity index (χ2v) is 9.06. The first-order valence-corrected chi connectivity index (χ1v) is 10.7. The van der Waals surface area contributed by atoms with Gasteiger partial charge in [0.1, 0.15) is 0 Å². The number of amides is 1. The summed E-state index contributed by atoms with van der Waals surface area (Å²) in [5.74, 6) is -2.28. The summed E-state index contributed by atoms with van der Waals surface area (Å²) in [5, 5.41) is 10.8. The van der Waals surface area contributed by atoms with E-state index in [1.165, 1.54) is 0 Å². The van der Waals surface area contributed by atoms with Crippen molar-refractivity contribution < 1.29 is 27.9 Å². The molecule has 3 aliphatic rings. The second-order valence-electron chi connectivity index (χ2n) is 9.06. The van der Waals surface area contributed by atoms with Gasteiger partial charge < -0.3 is 10.0 Å². The molecule has 0 saturated heterocycles. The minimum Gasteiger partial charge on any atom is -0.368 e. The lowest BCUT2D eigenvalue weighted by Gasteiger charge is -2.46. The number of hydrogen-bond acceptors (Lipinski definition) is 3. The number of ketones is 1. The summed E-state index contributed by atoms with van der Waals surface area (Å²) < 4.78 is 42.6. The molecule has 32 heavy (non-hydrogen) atoms. The number of carbonyl (C=O) groups is 2. The Morgan fingerprint density at radius 2 is 1.41 bits per heavy atom. The monoisotopic (exact) mass is 441 g/mol. The predicted octanol–water partition coefficient (Wildman–Crippen LogP) is 4.70. The number of Topliss-reactive ketones (excluding diaryl/α,β-unsaturated/α-hetero) is 1. The van der Waals surface area contributed by atoms with Crippen LogP contribution in [0.3, 0.4) is 0 Å². The van der Waals surface area contributed by atoms with Gasteiger partial charge in [-0.2, -0.15) is 13.2 Å². The lowest BCUT2D eigenvalue weighted by atomic mass is 9.59. The molecule has 1 atom stereocenters. The molecule has 1 saturated carbocycles. The van der Waals surface area contributed by atoms with Crippen LogP contribution in [0.1, 0.15) is 49.3 Å². The number of aliphatic hydroxyl groups is 1. The van der Waals surface area contributed by atoms with Gasteiger partial charge in [-0.1, -0.05) is 67.1 Å². The van der Waals surface area contributed by atoms with Crippen LogP contribution in [0.2, 0.25) is 0 Å². The van der Waals surface area contributed by atoms with Crippen LogP contribution in [-0.2, 0) is 9.59 Å². The molecule has 2 aromatic carbocycles. The molecular weight excluding hydrogens is 419 g/mol. The zero-order valence-electron chi connectivity index (χ0n) is 17.2. The molecule has 1 N–H and O–H groups in total. The second kappa shape index (κ2) is 7.04. The van der Waals surface area contributed by atoms with E-state index in [9.17, 15) is 27.9 Å². The molecular formula is C25H22F3NO3. The number of carbonyl (C=O) groups excluding carboxylic acids is 2. The van der Waals surface area contributed by atoms with Crippen LogP contribution >= 0.6 is 0 Å². The van der Waals surface area contributed by atoms with Crippen LogP contribution in [0.5, 0.6) is 0 Å². The van der Waals surface area contributed by atoms with Crippen molar-refractivity contribution in [2.24, 2.45) is 5.41 Å². The highest BCUT2D eigenvalue weighted by Gasteiger charge is 2.71. The van der Waals surface area contributed by atoms with E-state index in [0.29, 0.717) is 11.1 Å². The first kappa shape index (κ1) is 20.9. The Hall–Kier alpha value is -2.93. The fourth-order valence-corrected chi connectivity index (χ4v) is 5.44. The number of rotatable bonds is 3. The Labute approximate surface area is 183 Å². The van der Waals surface area contributed by atoms with Crippen LogP contribution in [-0.4, -0.2) is 33.5 Å². The molecule has 0 bridgehead atoms. The molecule has 1 fully saturated rings. The smallest absolute Gasteiger partial charge is 0.368 e. The number of allylic oxidation sites excluding steroid dienone is 1. The Bertz CT molecular complexity index is 1070. The van der Waals surface area contributed by atoms with E-state index in [0.717, 1.165) is 24.2 Å². The molecule has 7 heteroatoms. The Balaban J connectivity index is 1.74. The number of benzene rings is 2. The maximum atomic E-state index is 14.2. The molecule has 1 amide bonds. The molecule has 5 rings (SSSR count).